The molecule has 1 aromatic heterocycles. The van der Waals surface area contributed by atoms with Crippen LogP contribution in [0.15, 0.2) is 36.5 Å². The van der Waals surface area contributed by atoms with Crippen molar-refractivity contribution in [3.8, 4) is 6.07 Å². The summed E-state index contributed by atoms with van der Waals surface area (Å²) in [6.45, 7) is 0.675. The van der Waals surface area contributed by atoms with Crippen LogP contribution >= 0.6 is 0 Å². The Morgan fingerprint density at radius 3 is 3.07 bits per heavy atom. The van der Waals surface area contributed by atoms with Gasteiger partial charge in [-0.1, -0.05) is 6.07 Å². The van der Waals surface area contributed by atoms with Crippen LogP contribution in [0.2, 0.25) is 0 Å². The van der Waals surface area contributed by atoms with E-state index in [4.69, 9.17) is 5.26 Å². The van der Waals surface area contributed by atoms with Crippen LogP contribution in [-0.2, 0) is 6.54 Å². The van der Waals surface area contributed by atoms with Gasteiger partial charge in [-0.3, -0.25) is 5.10 Å². The molecular formula is C11H10N4. The van der Waals surface area contributed by atoms with Crippen LogP contribution < -0.4 is 5.32 Å². The predicted octanol–water partition coefficient (Wildman–Crippen LogP) is 1.89. The molecule has 0 fully saturated rings. The maximum absolute atomic E-state index is 8.72. The fourth-order valence-corrected chi connectivity index (χ4v) is 1.28. The highest BCUT2D eigenvalue weighted by Crippen LogP contribution is 2.10. The molecule has 0 bridgehead atoms. The van der Waals surface area contributed by atoms with Gasteiger partial charge in [0.1, 0.15) is 0 Å². The monoisotopic (exact) mass is 198 g/mol. The molecule has 0 saturated carbocycles. The van der Waals surface area contributed by atoms with Crippen molar-refractivity contribution in [2.45, 2.75) is 6.54 Å². The van der Waals surface area contributed by atoms with Crippen LogP contribution in [0.25, 0.3) is 0 Å². The normalized spacial score (nSPS) is 9.53. The van der Waals surface area contributed by atoms with Crippen molar-refractivity contribution in [1.29, 1.82) is 5.26 Å². The molecule has 0 radical (unpaired) electrons. The molecule has 4 heteroatoms. The largest absolute Gasteiger partial charge is 0.379 e. The Morgan fingerprint density at radius 2 is 2.33 bits per heavy atom. The molecule has 0 aliphatic carbocycles. The highest BCUT2D eigenvalue weighted by atomic mass is 15.1. The van der Waals surface area contributed by atoms with Gasteiger partial charge in [0, 0.05) is 11.9 Å². The molecule has 2 rings (SSSR count). The third-order valence-corrected chi connectivity index (χ3v) is 2.03. The van der Waals surface area contributed by atoms with Gasteiger partial charge >= 0.3 is 0 Å². The highest BCUT2D eigenvalue weighted by molar-refractivity contribution is 5.49. The summed E-state index contributed by atoms with van der Waals surface area (Å²) in [6, 6.07) is 11.4. The summed E-state index contributed by atoms with van der Waals surface area (Å²) in [4.78, 5) is 0. The number of hydrogen-bond acceptors (Lipinski definition) is 3. The van der Waals surface area contributed by atoms with Crippen molar-refractivity contribution < 1.29 is 0 Å². The lowest BCUT2D eigenvalue weighted by molar-refractivity contribution is 0.981. The summed E-state index contributed by atoms with van der Waals surface area (Å²) in [5.74, 6) is 0. The van der Waals surface area contributed by atoms with E-state index < -0.39 is 0 Å². The minimum atomic E-state index is 0.657. The van der Waals surface area contributed by atoms with E-state index >= 15 is 0 Å². The van der Waals surface area contributed by atoms with Gasteiger partial charge in [-0.15, -0.1) is 0 Å². The molecule has 2 aromatic rings. The number of aromatic amines is 1. The summed E-state index contributed by atoms with van der Waals surface area (Å²) in [5.41, 5.74) is 2.60. The number of hydrogen-bond donors (Lipinski definition) is 2. The fraction of sp³-hybridized carbons (Fsp3) is 0.0909. The quantitative estimate of drug-likeness (QED) is 0.791. The second-order valence-corrected chi connectivity index (χ2v) is 3.13. The van der Waals surface area contributed by atoms with E-state index in [0.29, 0.717) is 12.1 Å². The van der Waals surface area contributed by atoms with E-state index in [-0.39, 0.29) is 0 Å². The predicted molar refractivity (Wildman–Crippen MR) is 57.1 cm³/mol. The first-order valence-corrected chi connectivity index (χ1v) is 4.61. The standard InChI is InChI=1S/C11H10N4/c12-7-9-2-1-3-10(6-9)13-8-11-4-5-14-15-11/h1-6,13H,8H2,(H,14,15). The SMILES string of the molecule is N#Cc1cccc(NCc2ccn[nH]2)c1. The Bertz CT molecular complexity index is 468. The number of H-pyrrole nitrogens is 1. The van der Waals surface area contributed by atoms with Crippen molar-refractivity contribution in [2.75, 3.05) is 5.32 Å². The van der Waals surface area contributed by atoms with Crippen LogP contribution in [0.5, 0.6) is 0 Å². The number of aromatic nitrogens is 2. The molecule has 74 valence electrons. The summed E-state index contributed by atoms with van der Waals surface area (Å²) >= 11 is 0. The van der Waals surface area contributed by atoms with Gasteiger partial charge in [0.2, 0.25) is 0 Å². The molecule has 0 saturated heterocycles. The van der Waals surface area contributed by atoms with Gasteiger partial charge in [0.05, 0.1) is 23.9 Å². The number of nitrogens with zero attached hydrogens (tertiary/aromatic N) is 2. The topological polar surface area (TPSA) is 64.5 Å². The van der Waals surface area contributed by atoms with Crippen LogP contribution in [-0.4, -0.2) is 10.2 Å². The Labute approximate surface area is 87.6 Å². The molecule has 0 aliphatic heterocycles. The van der Waals surface area contributed by atoms with Crippen molar-refractivity contribution in [3.63, 3.8) is 0 Å². The Hall–Kier alpha value is -2.28. The van der Waals surface area contributed by atoms with E-state index in [1.807, 2.05) is 24.3 Å². The van der Waals surface area contributed by atoms with Crippen molar-refractivity contribution in [1.82, 2.24) is 10.2 Å². The first-order valence-electron chi connectivity index (χ1n) is 4.61. The third-order valence-electron chi connectivity index (χ3n) is 2.03. The van der Waals surface area contributed by atoms with Gasteiger partial charge in [0.15, 0.2) is 0 Å². The molecule has 1 heterocycles. The molecule has 0 unspecified atom stereocenters. The maximum atomic E-state index is 8.72. The smallest absolute Gasteiger partial charge is 0.0992 e. The number of nitrogens with one attached hydrogen (secondary N) is 2. The summed E-state index contributed by atoms with van der Waals surface area (Å²) in [7, 11) is 0. The molecule has 0 spiro atoms. The number of benzene rings is 1. The van der Waals surface area contributed by atoms with E-state index in [0.717, 1.165) is 11.4 Å². The number of rotatable bonds is 3. The van der Waals surface area contributed by atoms with Crippen LogP contribution in [0.4, 0.5) is 5.69 Å². The minimum absolute atomic E-state index is 0.657. The zero-order valence-electron chi connectivity index (χ0n) is 8.07. The Balaban J connectivity index is 2.02. The zero-order chi connectivity index (χ0) is 10.5. The summed E-state index contributed by atoms with van der Waals surface area (Å²) in [5, 5.41) is 18.6. The van der Waals surface area contributed by atoms with Gasteiger partial charge in [-0.25, -0.2) is 0 Å². The lowest BCUT2D eigenvalue weighted by Gasteiger charge is -2.04. The molecule has 0 amide bonds. The molecule has 0 aliphatic rings. The zero-order valence-corrected chi connectivity index (χ0v) is 8.07. The first-order chi connectivity index (χ1) is 7.38. The fourth-order valence-electron chi connectivity index (χ4n) is 1.28. The second-order valence-electron chi connectivity index (χ2n) is 3.13. The molecule has 1 aromatic carbocycles. The lowest BCUT2D eigenvalue weighted by Crippen LogP contribution is -1.99. The molecule has 15 heavy (non-hydrogen) atoms. The van der Waals surface area contributed by atoms with Crippen LogP contribution in [0.1, 0.15) is 11.3 Å². The summed E-state index contributed by atoms with van der Waals surface area (Å²) < 4.78 is 0. The van der Waals surface area contributed by atoms with E-state index in [1.54, 1.807) is 12.3 Å². The van der Waals surface area contributed by atoms with E-state index in [1.165, 1.54) is 0 Å². The highest BCUT2D eigenvalue weighted by Gasteiger charge is 1.96. The van der Waals surface area contributed by atoms with Crippen molar-refractivity contribution >= 4 is 5.69 Å². The molecule has 0 atom stereocenters. The average molecular weight is 198 g/mol. The Kier molecular flexibility index (Phi) is 2.65. The van der Waals surface area contributed by atoms with Crippen molar-refractivity contribution in [3.05, 3.63) is 47.8 Å². The van der Waals surface area contributed by atoms with Gasteiger partial charge in [-0.05, 0) is 24.3 Å². The molecule has 4 nitrogen and oxygen atoms in total. The number of nitriles is 1. The van der Waals surface area contributed by atoms with Gasteiger partial charge in [-0.2, -0.15) is 10.4 Å². The maximum Gasteiger partial charge on any atom is 0.0992 e. The van der Waals surface area contributed by atoms with E-state index in [9.17, 15) is 0 Å². The molecule has 2 N–H and O–H groups in total. The molecular weight excluding hydrogens is 188 g/mol. The lowest BCUT2D eigenvalue weighted by atomic mass is 10.2. The Morgan fingerprint density at radius 1 is 1.40 bits per heavy atom. The summed E-state index contributed by atoms with van der Waals surface area (Å²) in [6.07, 6.45) is 1.71. The van der Waals surface area contributed by atoms with Gasteiger partial charge < -0.3 is 5.32 Å². The third kappa shape index (κ3) is 2.35. The minimum Gasteiger partial charge on any atom is -0.379 e. The second kappa shape index (κ2) is 4.29. The van der Waals surface area contributed by atoms with Gasteiger partial charge in [0.25, 0.3) is 0 Å². The average Bonchev–Trinajstić information content (AvgIpc) is 2.79. The number of anilines is 1. The first kappa shape index (κ1) is 9.28. The van der Waals surface area contributed by atoms with Crippen molar-refractivity contribution in [2.24, 2.45) is 0 Å². The van der Waals surface area contributed by atoms with Crippen LogP contribution in [0, 0.1) is 11.3 Å². The van der Waals surface area contributed by atoms with E-state index in [2.05, 4.69) is 21.6 Å². The van der Waals surface area contributed by atoms with Crippen LogP contribution in [0.3, 0.4) is 0 Å².